The molecule has 2 aromatic carbocycles. The van der Waals surface area contributed by atoms with Gasteiger partial charge in [0.25, 0.3) is 0 Å². The summed E-state index contributed by atoms with van der Waals surface area (Å²) in [5.41, 5.74) is 7.89. The molecule has 0 spiro atoms. The van der Waals surface area contributed by atoms with Gasteiger partial charge in [0, 0.05) is 5.02 Å². The van der Waals surface area contributed by atoms with E-state index in [1.165, 1.54) is 12.1 Å². The number of nitrogens with zero attached hydrogens (tertiary/aromatic N) is 3. The first-order chi connectivity index (χ1) is 9.60. The lowest BCUT2D eigenvalue weighted by Gasteiger charge is -2.08. The van der Waals surface area contributed by atoms with Crippen LogP contribution in [0.25, 0.3) is 16.7 Å². The first kappa shape index (κ1) is 12.5. The Hall–Kier alpha value is -2.58. The van der Waals surface area contributed by atoms with Gasteiger partial charge in [-0.25, -0.2) is 9.37 Å². The van der Waals surface area contributed by atoms with E-state index in [2.05, 4.69) is 4.98 Å². The standard InChI is InChI=1S/C14H8ClFN4/c15-9-1-3-13-11(6-9)19-14(18)20(13)12-4-2-10(16)5-8(12)7-17/h1-6H,(H2,18,19). The average molecular weight is 287 g/mol. The molecule has 1 heterocycles. The van der Waals surface area contributed by atoms with Gasteiger partial charge >= 0.3 is 0 Å². The molecule has 20 heavy (non-hydrogen) atoms. The molecule has 0 atom stereocenters. The number of nitrogen functional groups attached to an aromatic ring is 1. The Kier molecular flexibility index (Phi) is 2.81. The maximum Gasteiger partial charge on any atom is 0.205 e. The van der Waals surface area contributed by atoms with E-state index in [1.807, 2.05) is 6.07 Å². The maximum absolute atomic E-state index is 13.2. The molecule has 2 N–H and O–H groups in total. The fraction of sp³-hybridized carbons (Fsp3) is 0. The predicted octanol–water partition coefficient (Wildman–Crippen LogP) is 3.27. The number of anilines is 1. The van der Waals surface area contributed by atoms with Gasteiger partial charge in [-0.2, -0.15) is 5.26 Å². The van der Waals surface area contributed by atoms with Crippen molar-refractivity contribution in [3.8, 4) is 11.8 Å². The smallest absolute Gasteiger partial charge is 0.205 e. The molecule has 0 aliphatic rings. The zero-order chi connectivity index (χ0) is 14.3. The number of rotatable bonds is 1. The van der Waals surface area contributed by atoms with E-state index in [9.17, 15) is 4.39 Å². The van der Waals surface area contributed by atoms with Gasteiger partial charge in [-0.05, 0) is 36.4 Å². The van der Waals surface area contributed by atoms with Crippen LogP contribution in [0.5, 0.6) is 0 Å². The normalized spacial score (nSPS) is 10.7. The second-order valence-electron chi connectivity index (χ2n) is 4.21. The van der Waals surface area contributed by atoms with Crippen molar-refractivity contribution in [2.75, 3.05) is 5.73 Å². The molecule has 3 rings (SSSR count). The number of benzene rings is 2. The van der Waals surface area contributed by atoms with E-state index in [1.54, 1.807) is 22.8 Å². The second kappa shape index (κ2) is 4.51. The third kappa shape index (κ3) is 1.87. The number of halogens is 2. The van der Waals surface area contributed by atoms with Crippen molar-refractivity contribution >= 4 is 28.6 Å². The number of aromatic nitrogens is 2. The summed E-state index contributed by atoms with van der Waals surface area (Å²) >= 11 is 5.91. The molecule has 0 aliphatic carbocycles. The Labute approximate surface area is 118 Å². The summed E-state index contributed by atoms with van der Waals surface area (Å²) < 4.78 is 14.8. The molecule has 0 radical (unpaired) electrons. The highest BCUT2D eigenvalue weighted by molar-refractivity contribution is 6.31. The molecular formula is C14H8ClFN4. The monoisotopic (exact) mass is 286 g/mol. The van der Waals surface area contributed by atoms with Crippen LogP contribution in [0.4, 0.5) is 10.3 Å². The lowest BCUT2D eigenvalue weighted by atomic mass is 10.2. The Morgan fingerprint density at radius 3 is 2.80 bits per heavy atom. The lowest BCUT2D eigenvalue weighted by Crippen LogP contribution is -2.03. The number of hydrogen-bond acceptors (Lipinski definition) is 3. The number of imidazole rings is 1. The van der Waals surface area contributed by atoms with Crippen molar-refractivity contribution in [2.24, 2.45) is 0 Å². The maximum atomic E-state index is 13.2. The van der Waals surface area contributed by atoms with E-state index in [0.29, 0.717) is 21.7 Å². The largest absolute Gasteiger partial charge is 0.369 e. The van der Waals surface area contributed by atoms with E-state index in [0.717, 1.165) is 6.07 Å². The van der Waals surface area contributed by atoms with Crippen LogP contribution in [0.3, 0.4) is 0 Å². The minimum Gasteiger partial charge on any atom is -0.369 e. The highest BCUT2D eigenvalue weighted by atomic mass is 35.5. The van der Waals surface area contributed by atoms with Crippen molar-refractivity contribution in [1.82, 2.24) is 9.55 Å². The molecular weight excluding hydrogens is 279 g/mol. The Morgan fingerprint density at radius 1 is 1.25 bits per heavy atom. The molecule has 1 aromatic heterocycles. The van der Waals surface area contributed by atoms with Crippen LogP contribution in [0, 0.1) is 17.1 Å². The average Bonchev–Trinajstić information content (AvgIpc) is 2.73. The first-order valence-corrected chi connectivity index (χ1v) is 6.11. The summed E-state index contributed by atoms with van der Waals surface area (Å²) in [6.07, 6.45) is 0. The molecule has 0 bridgehead atoms. The van der Waals surface area contributed by atoms with Crippen molar-refractivity contribution in [1.29, 1.82) is 5.26 Å². The van der Waals surface area contributed by atoms with E-state index in [-0.39, 0.29) is 11.5 Å². The van der Waals surface area contributed by atoms with Gasteiger partial charge in [0.15, 0.2) is 0 Å². The summed E-state index contributed by atoms with van der Waals surface area (Å²) in [4.78, 5) is 4.20. The SMILES string of the molecule is N#Cc1cc(F)ccc1-n1c(N)nc2cc(Cl)ccc21. The van der Waals surface area contributed by atoms with E-state index >= 15 is 0 Å². The van der Waals surface area contributed by atoms with Gasteiger partial charge < -0.3 is 5.73 Å². The second-order valence-corrected chi connectivity index (χ2v) is 4.65. The summed E-state index contributed by atoms with van der Waals surface area (Å²) in [5.74, 6) is -0.262. The molecule has 3 aromatic rings. The molecule has 0 amide bonds. The van der Waals surface area contributed by atoms with E-state index < -0.39 is 5.82 Å². The quantitative estimate of drug-likeness (QED) is 0.746. The Morgan fingerprint density at radius 2 is 2.05 bits per heavy atom. The molecule has 0 saturated heterocycles. The molecule has 98 valence electrons. The molecule has 4 nitrogen and oxygen atoms in total. The van der Waals surface area contributed by atoms with Crippen LogP contribution in [-0.4, -0.2) is 9.55 Å². The van der Waals surface area contributed by atoms with Crippen LogP contribution in [0.2, 0.25) is 5.02 Å². The number of nitrogens with two attached hydrogens (primary N) is 1. The third-order valence-corrected chi connectivity index (χ3v) is 3.20. The summed E-state index contributed by atoms with van der Waals surface area (Å²) in [6, 6.07) is 11.0. The van der Waals surface area contributed by atoms with Gasteiger partial charge in [0.1, 0.15) is 11.9 Å². The molecule has 0 saturated carbocycles. The fourth-order valence-electron chi connectivity index (χ4n) is 2.12. The predicted molar refractivity (Wildman–Crippen MR) is 75.2 cm³/mol. The Balaban J connectivity index is 2.35. The topological polar surface area (TPSA) is 67.6 Å². The summed E-state index contributed by atoms with van der Waals surface area (Å²) in [6.45, 7) is 0. The van der Waals surface area contributed by atoms with Gasteiger partial charge in [0.05, 0.1) is 22.3 Å². The minimum atomic E-state index is -0.476. The van der Waals surface area contributed by atoms with Crippen LogP contribution in [0.15, 0.2) is 36.4 Å². The Bertz CT molecular complexity index is 863. The fourth-order valence-corrected chi connectivity index (χ4v) is 2.28. The third-order valence-electron chi connectivity index (χ3n) is 2.96. The zero-order valence-electron chi connectivity index (χ0n) is 10.1. The minimum absolute atomic E-state index is 0.186. The van der Waals surface area contributed by atoms with Gasteiger partial charge in [-0.15, -0.1) is 0 Å². The molecule has 0 aliphatic heterocycles. The van der Waals surface area contributed by atoms with Gasteiger partial charge in [-0.1, -0.05) is 11.6 Å². The van der Waals surface area contributed by atoms with Crippen molar-refractivity contribution in [3.63, 3.8) is 0 Å². The summed E-state index contributed by atoms with van der Waals surface area (Å²) in [5, 5.41) is 9.68. The highest BCUT2D eigenvalue weighted by Gasteiger charge is 2.14. The number of hydrogen-bond donors (Lipinski definition) is 1. The number of nitriles is 1. The first-order valence-electron chi connectivity index (χ1n) is 5.73. The zero-order valence-corrected chi connectivity index (χ0v) is 10.9. The van der Waals surface area contributed by atoms with Crippen LogP contribution in [-0.2, 0) is 0 Å². The van der Waals surface area contributed by atoms with Crippen molar-refractivity contribution < 1.29 is 4.39 Å². The molecule has 0 fully saturated rings. The molecule has 6 heteroatoms. The van der Waals surface area contributed by atoms with Crippen LogP contribution >= 0.6 is 11.6 Å². The summed E-state index contributed by atoms with van der Waals surface area (Å²) in [7, 11) is 0. The van der Waals surface area contributed by atoms with Gasteiger partial charge in [-0.3, -0.25) is 4.57 Å². The number of fused-ring (bicyclic) bond motifs is 1. The van der Waals surface area contributed by atoms with Crippen LogP contribution < -0.4 is 5.73 Å². The highest BCUT2D eigenvalue weighted by Crippen LogP contribution is 2.27. The molecule has 0 unspecified atom stereocenters. The lowest BCUT2D eigenvalue weighted by molar-refractivity contribution is 0.627. The van der Waals surface area contributed by atoms with Crippen LogP contribution in [0.1, 0.15) is 5.56 Å². The van der Waals surface area contributed by atoms with Gasteiger partial charge in [0.2, 0.25) is 5.95 Å². The van der Waals surface area contributed by atoms with E-state index in [4.69, 9.17) is 22.6 Å². The van der Waals surface area contributed by atoms with Crippen molar-refractivity contribution in [2.45, 2.75) is 0 Å². The van der Waals surface area contributed by atoms with Crippen molar-refractivity contribution in [3.05, 3.63) is 52.8 Å².